The molecular formula is C26H20P2Ti. The van der Waals surface area contributed by atoms with Gasteiger partial charge in [-0.1, -0.05) is 0 Å². The van der Waals surface area contributed by atoms with Crippen molar-refractivity contribution in [3.8, 4) is 0 Å². The number of rotatable bonds is 6. The zero-order valence-electron chi connectivity index (χ0n) is 15.9. The summed E-state index contributed by atoms with van der Waals surface area (Å²) < 4.78 is 0. The fourth-order valence-corrected chi connectivity index (χ4v) is 11.1. The molecule has 29 heavy (non-hydrogen) atoms. The Labute approximate surface area is 184 Å². The Morgan fingerprint density at radius 2 is 0.621 bits per heavy atom. The van der Waals surface area contributed by atoms with E-state index in [0.717, 1.165) is 0 Å². The Balaban J connectivity index is 1.72. The number of hydrogen-bond donors (Lipinski definition) is 0. The predicted octanol–water partition coefficient (Wildman–Crippen LogP) is 7.33. The molecule has 0 aliphatic heterocycles. The molecule has 138 valence electrons. The van der Waals surface area contributed by atoms with Gasteiger partial charge in [-0.3, -0.25) is 0 Å². The third kappa shape index (κ3) is 5.51. The normalized spacial score (nSPS) is 10.6. The first kappa shape index (κ1) is 20.2. The van der Waals surface area contributed by atoms with E-state index in [4.69, 9.17) is 0 Å². The molecule has 4 aromatic carbocycles. The third-order valence-corrected chi connectivity index (χ3v) is 11.7. The van der Waals surface area contributed by atoms with Gasteiger partial charge in [0, 0.05) is 0 Å². The van der Waals surface area contributed by atoms with Crippen molar-refractivity contribution < 1.29 is 18.1 Å². The summed E-state index contributed by atoms with van der Waals surface area (Å²) in [6.45, 7) is 0. The van der Waals surface area contributed by atoms with Gasteiger partial charge in [-0.25, -0.2) is 0 Å². The van der Waals surface area contributed by atoms with E-state index >= 15 is 0 Å². The monoisotopic (exact) mass is 442 g/mol. The molecule has 0 heterocycles. The molecule has 0 saturated heterocycles. The van der Waals surface area contributed by atoms with Crippen LogP contribution in [0.25, 0.3) is 0 Å². The number of benzene rings is 4. The zero-order valence-corrected chi connectivity index (χ0v) is 19.3. The molecule has 0 aliphatic carbocycles. The van der Waals surface area contributed by atoms with Gasteiger partial charge in [0.2, 0.25) is 0 Å². The van der Waals surface area contributed by atoms with Crippen LogP contribution >= 0.6 is 12.4 Å². The first-order chi connectivity index (χ1) is 14.4. The minimum atomic E-state index is -0.244. The van der Waals surface area contributed by atoms with Crippen LogP contribution in [0.15, 0.2) is 121 Å². The molecule has 0 aromatic heterocycles. The maximum atomic E-state index is 2.23. The van der Waals surface area contributed by atoms with Crippen molar-refractivity contribution in [3.63, 3.8) is 0 Å². The Hall–Kier alpha value is -2.07. The molecule has 0 unspecified atom stereocenters. The molecule has 0 bridgehead atoms. The summed E-state index contributed by atoms with van der Waals surface area (Å²) in [7, 11) is 0. The Morgan fingerprint density at radius 3 is 0.862 bits per heavy atom. The first-order valence-corrected chi connectivity index (χ1v) is 15.5. The molecule has 0 amide bonds. The average Bonchev–Trinajstić information content (AvgIpc) is 2.81. The van der Waals surface area contributed by atoms with Crippen LogP contribution in [-0.2, 0) is 18.1 Å². The van der Waals surface area contributed by atoms with Crippen LogP contribution in [0.2, 0.25) is 0 Å². The summed E-state index contributed by atoms with van der Waals surface area (Å²) in [6, 6.07) is 43.3. The molecule has 0 fully saturated rings. The SMILES string of the molecule is c1ccc(C(=[P][Ti][P]=C(c2ccccc2)c2ccccc2)c2ccccc2)cc1. The molecule has 4 aromatic rings. The summed E-state index contributed by atoms with van der Waals surface area (Å²) in [5.74, 6) is 0. The molecule has 4 rings (SSSR count). The van der Waals surface area contributed by atoms with Gasteiger partial charge >= 0.3 is 185 Å². The Morgan fingerprint density at radius 1 is 0.379 bits per heavy atom. The summed E-state index contributed by atoms with van der Waals surface area (Å²) in [6.07, 6.45) is 2.92. The van der Waals surface area contributed by atoms with Gasteiger partial charge in [0.05, 0.1) is 0 Å². The van der Waals surface area contributed by atoms with Crippen LogP contribution in [-0.4, -0.2) is 10.6 Å². The van der Waals surface area contributed by atoms with E-state index < -0.39 is 0 Å². The van der Waals surface area contributed by atoms with Crippen LogP contribution < -0.4 is 0 Å². The molecule has 3 heteroatoms. The number of hydrogen-bond acceptors (Lipinski definition) is 0. The minimum absolute atomic E-state index is 0.244. The average molecular weight is 442 g/mol. The van der Waals surface area contributed by atoms with Crippen LogP contribution in [0.4, 0.5) is 0 Å². The second-order valence-electron chi connectivity index (χ2n) is 6.48. The second kappa shape index (κ2) is 10.6. The van der Waals surface area contributed by atoms with Crippen LogP contribution in [0.5, 0.6) is 0 Å². The zero-order chi connectivity index (χ0) is 19.7. The van der Waals surface area contributed by atoms with Gasteiger partial charge < -0.3 is 0 Å². The van der Waals surface area contributed by atoms with E-state index in [1.807, 2.05) is 0 Å². The van der Waals surface area contributed by atoms with E-state index in [0.29, 0.717) is 0 Å². The maximum absolute atomic E-state index is 2.23. The molecule has 0 aliphatic rings. The summed E-state index contributed by atoms with van der Waals surface area (Å²) >= 11 is -0.244. The van der Waals surface area contributed by atoms with Gasteiger partial charge in [-0.15, -0.1) is 0 Å². The molecule has 0 nitrogen and oxygen atoms in total. The molecule has 0 radical (unpaired) electrons. The molecule has 0 atom stereocenters. The van der Waals surface area contributed by atoms with Gasteiger partial charge in [0.1, 0.15) is 0 Å². The van der Waals surface area contributed by atoms with E-state index in [1.165, 1.54) is 45.2 Å². The standard InChI is InChI=1S/2C13H10P.Ti/c2*14-13(11-7-3-1-4-8-11)12-9-5-2-6-10-12;/h2*1-10H;/q2*-1;+2. The second-order valence-corrected chi connectivity index (χ2v) is 13.5. The van der Waals surface area contributed by atoms with Crippen molar-refractivity contribution in [2.75, 3.05) is 0 Å². The molecular weight excluding hydrogens is 422 g/mol. The van der Waals surface area contributed by atoms with Crippen molar-refractivity contribution in [1.82, 2.24) is 0 Å². The van der Waals surface area contributed by atoms with Gasteiger partial charge in [-0.05, 0) is 0 Å². The van der Waals surface area contributed by atoms with E-state index in [9.17, 15) is 0 Å². The van der Waals surface area contributed by atoms with Crippen LogP contribution in [0, 0.1) is 0 Å². The van der Waals surface area contributed by atoms with E-state index in [2.05, 4.69) is 121 Å². The molecule has 0 spiro atoms. The van der Waals surface area contributed by atoms with Crippen molar-refractivity contribution in [2.45, 2.75) is 0 Å². The van der Waals surface area contributed by atoms with Crippen molar-refractivity contribution in [2.24, 2.45) is 0 Å². The summed E-state index contributed by atoms with van der Waals surface area (Å²) in [5.41, 5.74) is 5.33. The van der Waals surface area contributed by atoms with Crippen molar-refractivity contribution >= 4 is 23.0 Å². The van der Waals surface area contributed by atoms with Gasteiger partial charge in [-0.2, -0.15) is 0 Å². The quantitative estimate of drug-likeness (QED) is 0.217. The third-order valence-electron chi connectivity index (χ3n) is 4.51. The predicted molar refractivity (Wildman–Crippen MR) is 126 cm³/mol. The van der Waals surface area contributed by atoms with Crippen LogP contribution in [0.1, 0.15) is 22.3 Å². The van der Waals surface area contributed by atoms with Gasteiger partial charge in [0.15, 0.2) is 0 Å². The fraction of sp³-hybridized carbons (Fsp3) is 0. The Bertz CT molecular complexity index is 917. The van der Waals surface area contributed by atoms with Crippen molar-refractivity contribution in [3.05, 3.63) is 144 Å². The summed E-state index contributed by atoms with van der Waals surface area (Å²) in [4.78, 5) is 0. The van der Waals surface area contributed by atoms with Crippen molar-refractivity contribution in [1.29, 1.82) is 0 Å². The Kier molecular flexibility index (Phi) is 7.42. The van der Waals surface area contributed by atoms with E-state index in [-0.39, 0.29) is 18.1 Å². The first-order valence-electron chi connectivity index (χ1n) is 9.54. The fourth-order valence-electron chi connectivity index (χ4n) is 3.10. The van der Waals surface area contributed by atoms with Crippen LogP contribution in [0.3, 0.4) is 0 Å². The summed E-state index contributed by atoms with van der Waals surface area (Å²) in [5, 5.41) is 2.89. The topological polar surface area (TPSA) is 0 Å². The van der Waals surface area contributed by atoms with Gasteiger partial charge in [0.25, 0.3) is 0 Å². The van der Waals surface area contributed by atoms with E-state index in [1.54, 1.807) is 0 Å². The molecule has 0 N–H and O–H groups in total. The molecule has 0 saturated carbocycles.